The van der Waals surface area contributed by atoms with Crippen molar-refractivity contribution in [2.24, 2.45) is 11.8 Å². The molecule has 2 atom stereocenters. The minimum Gasteiger partial charge on any atom is -0.396 e. The second-order valence-corrected chi connectivity index (χ2v) is 6.90. The lowest BCUT2D eigenvalue weighted by atomic mass is 10.1. The normalized spacial score (nSPS) is 20.0. The van der Waals surface area contributed by atoms with Crippen molar-refractivity contribution in [2.75, 3.05) is 11.9 Å². The molecule has 2 aromatic rings. The third kappa shape index (κ3) is 3.79. The number of aromatic nitrogens is 1. The molecular formula is C19H25N3O2. The van der Waals surface area contributed by atoms with Crippen molar-refractivity contribution in [3.05, 3.63) is 42.6 Å². The molecule has 24 heavy (non-hydrogen) atoms. The van der Waals surface area contributed by atoms with E-state index in [4.69, 9.17) is 5.11 Å². The van der Waals surface area contributed by atoms with Gasteiger partial charge in [-0.05, 0) is 36.6 Å². The molecule has 2 amide bonds. The van der Waals surface area contributed by atoms with Crippen molar-refractivity contribution >= 4 is 22.6 Å². The molecular weight excluding hydrogens is 302 g/mol. The highest BCUT2D eigenvalue weighted by Crippen LogP contribution is 2.22. The molecule has 0 radical (unpaired) electrons. The molecule has 1 aromatic carbocycles. The van der Waals surface area contributed by atoms with Crippen molar-refractivity contribution in [3.8, 4) is 0 Å². The molecule has 0 saturated heterocycles. The Labute approximate surface area is 142 Å². The Morgan fingerprint density at radius 2 is 2.17 bits per heavy atom. The molecule has 1 aliphatic carbocycles. The molecule has 5 nitrogen and oxygen atoms in total. The van der Waals surface area contributed by atoms with Gasteiger partial charge in [0.1, 0.15) is 0 Å². The molecule has 1 aliphatic rings. The number of aliphatic hydroxyl groups excluding tert-OH is 1. The van der Waals surface area contributed by atoms with E-state index in [2.05, 4.69) is 41.3 Å². The largest absolute Gasteiger partial charge is 0.396 e. The molecule has 128 valence electrons. The summed E-state index contributed by atoms with van der Waals surface area (Å²) < 4.78 is 2.24. The van der Waals surface area contributed by atoms with Crippen LogP contribution in [0.25, 0.3) is 10.9 Å². The average molecular weight is 327 g/mol. The number of amides is 2. The first-order valence-corrected chi connectivity index (χ1v) is 8.50. The van der Waals surface area contributed by atoms with E-state index in [0.717, 1.165) is 24.0 Å². The number of nitrogens with one attached hydrogen (secondary N) is 2. The summed E-state index contributed by atoms with van der Waals surface area (Å²) in [6.45, 7) is 5.51. The Balaban J connectivity index is 1.63. The summed E-state index contributed by atoms with van der Waals surface area (Å²) in [6, 6.07) is 7.81. The smallest absolute Gasteiger partial charge is 0.319 e. The van der Waals surface area contributed by atoms with Gasteiger partial charge in [-0.25, -0.2) is 4.79 Å². The van der Waals surface area contributed by atoms with Gasteiger partial charge in [0.05, 0.1) is 0 Å². The zero-order valence-corrected chi connectivity index (χ0v) is 14.2. The Morgan fingerprint density at radius 3 is 2.88 bits per heavy atom. The standard InChI is InChI=1S/C19H25N3O2/c1-13(2)11-22-8-7-15-10-17(5-6-18(15)22)21-19(24)20-16-4-3-14(9-16)12-23/h3-8,10,13-14,16,23H,9,11-12H2,1-2H3,(H2,20,21,24)/t14-,16+/m0/s1. The third-order valence-corrected chi connectivity index (χ3v) is 4.31. The Hall–Kier alpha value is -2.27. The van der Waals surface area contributed by atoms with Crippen LogP contribution in [0.15, 0.2) is 42.6 Å². The van der Waals surface area contributed by atoms with Crippen LogP contribution in [0.3, 0.4) is 0 Å². The molecule has 5 heteroatoms. The van der Waals surface area contributed by atoms with Crippen molar-refractivity contribution < 1.29 is 9.90 Å². The number of urea groups is 1. The summed E-state index contributed by atoms with van der Waals surface area (Å²) in [5.41, 5.74) is 1.96. The second-order valence-electron chi connectivity index (χ2n) is 6.90. The van der Waals surface area contributed by atoms with Crippen LogP contribution >= 0.6 is 0 Å². The van der Waals surface area contributed by atoms with Crippen LogP contribution in [0.1, 0.15) is 20.3 Å². The lowest BCUT2D eigenvalue weighted by molar-refractivity contribution is 0.238. The topological polar surface area (TPSA) is 66.3 Å². The predicted octanol–water partition coefficient (Wildman–Crippen LogP) is 3.36. The minimum atomic E-state index is -0.218. The van der Waals surface area contributed by atoms with E-state index < -0.39 is 0 Å². The Kier molecular flexibility index (Phi) is 4.90. The van der Waals surface area contributed by atoms with Crippen LogP contribution in [-0.2, 0) is 6.54 Å². The SMILES string of the molecule is CC(C)Cn1ccc2cc(NC(=O)N[C@@H]3C=C[C@H](CO)C3)ccc21. The highest BCUT2D eigenvalue weighted by atomic mass is 16.3. The Morgan fingerprint density at radius 1 is 1.33 bits per heavy atom. The van der Waals surface area contributed by atoms with Crippen molar-refractivity contribution in [3.63, 3.8) is 0 Å². The van der Waals surface area contributed by atoms with Gasteiger partial charge in [0.2, 0.25) is 0 Å². The molecule has 1 heterocycles. The fourth-order valence-electron chi connectivity index (χ4n) is 3.18. The number of rotatable bonds is 5. The first kappa shape index (κ1) is 16.6. The number of carbonyl (C=O) groups excluding carboxylic acids is 1. The van der Waals surface area contributed by atoms with E-state index in [1.54, 1.807) is 0 Å². The number of hydrogen-bond acceptors (Lipinski definition) is 2. The maximum absolute atomic E-state index is 12.1. The number of anilines is 1. The average Bonchev–Trinajstić information content (AvgIpc) is 3.13. The van der Waals surface area contributed by atoms with Gasteiger partial charge in [-0.3, -0.25) is 0 Å². The fraction of sp³-hybridized carbons (Fsp3) is 0.421. The third-order valence-electron chi connectivity index (χ3n) is 4.31. The van der Waals surface area contributed by atoms with Gasteiger partial charge in [0.25, 0.3) is 0 Å². The lowest BCUT2D eigenvalue weighted by Crippen LogP contribution is -2.36. The van der Waals surface area contributed by atoms with Crippen LogP contribution in [-0.4, -0.2) is 28.4 Å². The molecule has 0 fully saturated rings. The van der Waals surface area contributed by atoms with Crippen LogP contribution < -0.4 is 10.6 Å². The highest BCUT2D eigenvalue weighted by molar-refractivity contribution is 5.93. The first-order chi connectivity index (χ1) is 11.5. The Bertz CT molecular complexity index is 748. The van der Waals surface area contributed by atoms with E-state index >= 15 is 0 Å². The quantitative estimate of drug-likeness (QED) is 0.737. The lowest BCUT2D eigenvalue weighted by Gasteiger charge is -2.14. The maximum Gasteiger partial charge on any atom is 0.319 e. The van der Waals surface area contributed by atoms with Gasteiger partial charge in [0.15, 0.2) is 0 Å². The van der Waals surface area contributed by atoms with E-state index in [1.807, 2.05) is 30.4 Å². The number of benzene rings is 1. The second kappa shape index (κ2) is 7.09. The number of carbonyl (C=O) groups is 1. The summed E-state index contributed by atoms with van der Waals surface area (Å²) in [4.78, 5) is 12.1. The summed E-state index contributed by atoms with van der Waals surface area (Å²) in [5, 5.41) is 16.1. The van der Waals surface area contributed by atoms with Gasteiger partial charge in [0, 0.05) is 47.9 Å². The molecule has 0 saturated carbocycles. The minimum absolute atomic E-state index is 0.0157. The number of fused-ring (bicyclic) bond motifs is 1. The number of nitrogens with zero attached hydrogens (tertiary/aromatic N) is 1. The van der Waals surface area contributed by atoms with Crippen molar-refractivity contribution in [2.45, 2.75) is 32.9 Å². The van der Waals surface area contributed by atoms with E-state index in [9.17, 15) is 4.79 Å². The molecule has 0 spiro atoms. The van der Waals surface area contributed by atoms with Gasteiger partial charge in [-0.1, -0.05) is 26.0 Å². The summed E-state index contributed by atoms with van der Waals surface area (Å²) >= 11 is 0. The summed E-state index contributed by atoms with van der Waals surface area (Å²) in [6.07, 6.45) is 6.73. The van der Waals surface area contributed by atoms with Crippen LogP contribution in [0, 0.1) is 11.8 Å². The first-order valence-electron chi connectivity index (χ1n) is 8.50. The number of hydrogen-bond donors (Lipinski definition) is 3. The zero-order valence-electron chi connectivity index (χ0n) is 14.2. The van der Waals surface area contributed by atoms with Gasteiger partial charge in [-0.15, -0.1) is 0 Å². The maximum atomic E-state index is 12.1. The fourth-order valence-corrected chi connectivity index (χ4v) is 3.18. The molecule has 0 aliphatic heterocycles. The van der Waals surface area contributed by atoms with Crippen molar-refractivity contribution in [1.82, 2.24) is 9.88 Å². The van der Waals surface area contributed by atoms with Crippen molar-refractivity contribution in [1.29, 1.82) is 0 Å². The van der Waals surface area contributed by atoms with Gasteiger partial charge in [-0.2, -0.15) is 0 Å². The predicted molar refractivity (Wildman–Crippen MR) is 97.1 cm³/mol. The monoisotopic (exact) mass is 327 g/mol. The number of aliphatic hydroxyl groups is 1. The highest BCUT2D eigenvalue weighted by Gasteiger charge is 2.19. The van der Waals surface area contributed by atoms with E-state index in [0.29, 0.717) is 5.92 Å². The molecule has 1 aromatic heterocycles. The van der Waals surface area contributed by atoms with Crippen LogP contribution in [0.5, 0.6) is 0 Å². The molecule has 0 unspecified atom stereocenters. The van der Waals surface area contributed by atoms with E-state index in [1.165, 1.54) is 5.52 Å². The van der Waals surface area contributed by atoms with E-state index in [-0.39, 0.29) is 24.6 Å². The zero-order chi connectivity index (χ0) is 17.1. The summed E-state index contributed by atoms with van der Waals surface area (Å²) in [5.74, 6) is 0.735. The van der Waals surface area contributed by atoms with Gasteiger partial charge >= 0.3 is 6.03 Å². The van der Waals surface area contributed by atoms with Crippen LogP contribution in [0.4, 0.5) is 10.5 Å². The van der Waals surface area contributed by atoms with Gasteiger partial charge < -0.3 is 20.3 Å². The molecule has 3 rings (SSSR count). The summed E-state index contributed by atoms with van der Waals surface area (Å²) in [7, 11) is 0. The molecule has 3 N–H and O–H groups in total. The van der Waals surface area contributed by atoms with Crippen LogP contribution in [0.2, 0.25) is 0 Å². The molecule has 0 bridgehead atoms.